The van der Waals surface area contributed by atoms with E-state index in [9.17, 15) is 8.42 Å². The third-order valence-corrected chi connectivity index (χ3v) is 7.59. The van der Waals surface area contributed by atoms with Crippen LogP contribution < -0.4 is 0 Å². The Balaban J connectivity index is 1.46. The molecule has 128 valence electrons. The maximum Gasteiger partial charge on any atom is 0.217 e. The van der Waals surface area contributed by atoms with Crippen molar-refractivity contribution in [2.24, 2.45) is 0 Å². The quantitative estimate of drug-likeness (QED) is 0.830. The van der Waals surface area contributed by atoms with E-state index in [0.29, 0.717) is 13.2 Å². The summed E-state index contributed by atoms with van der Waals surface area (Å²) in [6, 6.07) is 1.99. The third kappa shape index (κ3) is 3.20. The van der Waals surface area contributed by atoms with Gasteiger partial charge in [0.1, 0.15) is 0 Å². The highest BCUT2D eigenvalue weighted by Crippen LogP contribution is 2.35. The van der Waals surface area contributed by atoms with Gasteiger partial charge in [-0.1, -0.05) is 0 Å². The van der Waals surface area contributed by atoms with Crippen LogP contribution in [0, 0.1) is 0 Å². The molecule has 1 saturated carbocycles. The van der Waals surface area contributed by atoms with Crippen molar-refractivity contribution in [3.8, 4) is 0 Å². The molecule has 3 aliphatic rings. The van der Waals surface area contributed by atoms with E-state index < -0.39 is 10.0 Å². The van der Waals surface area contributed by atoms with Crippen LogP contribution in [0.25, 0.3) is 0 Å². The SMILES string of the molecule is O=S(=O)(C1CC1)N1CCO[C@@H]2CCN(Cc3ccoc3)CC[C@H]21. The lowest BCUT2D eigenvalue weighted by atomic mass is 10.0. The zero-order valence-corrected chi connectivity index (χ0v) is 14.1. The Bertz CT molecular complexity index is 627. The first kappa shape index (κ1) is 15.6. The number of morpholine rings is 1. The summed E-state index contributed by atoms with van der Waals surface area (Å²) >= 11 is 0. The monoisotopic (exact) mass is 340 g/mol. The summed E-state index contributed by atoms with van der Waals surface area (Å²) in [6.45, 7) is 3.72. The van der Waals surface area contributed by atoms with Gasteiger partial charge < -0.3 is 9.15 Å². The topological polar surface area (TPSA) is 63.0 Å². The second-order valence-corrected chi connectivity index (χ2v) is 8.98. The third-order valence-electron chi connectivity index (χ3n) is 5.17. The van der Waals surface area contributed by atoms with Gasteiger partial charge in [-0.05, 0) is 31.7 Å². The van der Waals surface area contributed by atoms with Gasteiger partial charge >= 0.3 is 0 Å². The molecule has 0 unspecified atom stereocenters. The number of hydrogen-bond acceptors (Lipinski definition) is 5. The highest BCUT2D eigenvalue weighted by atomic mass is 32.2. The Morgan fingerprint density at radius 3 is 2.70 bits per heavy atom. The van der Waals surface area contributed by atoms with Crippen LogP contribution in [-0.2, 0) is 21.3 Å². The summed E-state index contributed by atoms with van der Waals surface area (Å²) in [7, 11) is -3.12. The zero-order chi connectivity index (χ0) is 15.9. The minimum absolute atomic E-state index is 0.00343. The Kier molecular flexibility index (Phi) is 4.21. The van der Waals surface area contributed by atoms with Crippen LogP contribution in [0.3, 0.4) is 0 Å². The molecular weight excluding hydrogens is 316 g/mol. The van der Waals surface area contributed by atoms with Gasteiger partial charge in [0.05, 0.1) is 36.5 Å². The number of sulfonamides is 1. The molecule has 2 saturated heterocycles. The first-order valence-electron chi connectivity index (χ1n) is 8.50. The van der Waals surface area contributed by atoms with Gasteiger partial charge in [0.15, 0.2) is 0 Å². The molecule has 0 N–H and O–H groups in total. The van der Waals surface area contributed by atoms with Crippen molar-refractivity contribution in [3.63, 3.8) is 0 Å². The van der Waals surface area contributed by atoms with Crippen LogP contribution in [-0.4, -0.2) is 61.3 Å². The van der Waals surface area contributed by atoms with Crippen LogP contribution in [0.15, 0.2) is 23.0 Å². The highest BCUT2D eigenvalue weighted by Gasteiger charge is 2.46. The Hall–Kier alpha value is -0.890. The lowest BCUT2D eigenvalue weighted by molar-refractivity contribution is -0.0409. The summed E-state index contributed by atoms with van der Waals surface area (Å²) in [5.74, 6) is 0. The van der Waals surface area contributed by atoms with Crippen LogP contribution in [0.2, 0.25) is 0 Å². The molecule has 3 fully saturated rings. The fraction of sp³-hybridized carbons (Fsp3) is 0.750. The molecule has 3 heterocycles. The predicted octanol–water partition coefficient (Wildman–Crippen LogP) is 1.44. The molecule has 4 rings (SSSR count). The summed E-state index contributed by atoms with van der Waals surface area (Å²) in [5, 5.41) is -0.133. The second-order valence-electron chi connectivity index (χ2n) is 6.82. The predicted molar refractivity (Wildman–Crippen MR) is 85.4 cm³/mol. The van der Waals surface area contributed by atoms with Gasteiger partial charge in [0.2, 0.25) is 10.0 Å². The molecule has 2 atom stereocenters. The first-order chi connectivity index (χ1) is 11.1. The standard InChI is InChI=1S/C16H24N2O4S/c19-23(20,14-1-2-14)18-8-10-22-16-4-7-17(6-3-15(16)18)11-13-5-9-21-12-13/h5,9,12,14-16H,1-4,6-8,10-11H2/t15-,16-/m1/s1. The van der Waals surface area contributed by atoms with E-state index in [1.54, 1.807) is 16.8 Å². The van der Waals surface area contributed by atoms with E-state index in [1.807, 2.05) is 6.07 Å². The van der Waals surface area contributed by atoms with E-state index >= 15 is 0 Å². The highest BCUT2D eigenvalue weighted by molar-refractivity contribution is 7.90. The number of rotatable bonds is 4. The average molecular weight is 340 g/mol. The molecule has 2 aliphatic heterocycles. The van der Waals surface area contributed by atoms with E-state index in [4.69, 9.17) is 9.15 Å². The maximum absolute atomic E-state index is 12.7. The maximum atomic E-state index is 12.7. The lowest BCUT2D eigenvalue weighted by Crippen LogP contribution is -2.54. The second kappa shape index (κ2) is 6.20. The normalized spacial score (nSPS) is 30.8. The fourth-order valence-electron chi connectivity index (χ4n) is 3.77. The van der Waals surface area contributed by atoms with E-state index in [1.165, 1.54) is 5.56 Å². The number of hydrogen-bond donors (Lipinski definition) is 0. The van der Waals surface area contributed by atoms with Crippen LogP contribution in [0.5, 0.6) is 0 Å². The number of nitrogens with zero attached hydrogens (tertiary/aromatic N) is 2. The van der Waals surface area contributed by atoms with Crippen molar-refractivity contribution < 1.29 is 17.6 Å². The van der Waals surface area contributed by atoms with Crippen molar-refractivity contribution in [2.75, 3.05) is 26.2 Å². The van der Waals surface area contributed by atoms with E-state index in [-0.39, 0.29) is 17.4 Å². The molecule has 7 heteroatoms. The first-order valence-corrected chi connectivity index (χ1v) is 10.0. The van der Waals surface area contributed by atoms with Gasteiger partial charge in [-0.3, -0.25) is 4.90 Å². The van der Waals surface area contributed by atoms with Gasteiger partial charge in [0.25, 0.3) is 0 Å². The van der Waals surface area contributed by atoms with Crippen LogP contribution in [0.4, 0.5) is 0 Å². The molecule has 1 aliphatic carbocycles. The average Bonchev–Trinajstić information content (AvgIpc) is 3.32. The molecule has 1 aromatic heterocycles. The van der Waals surface area contributed by atoms with Crippen molar-refractivity contribution in [3.05, 3.63) is 24.2 Å². The molecule has 23 heavy (non-hydrogen) atoms. The fourth-order valence-corrected chi connectivity index (χ4v) is 5.83. The number of ether oxygens (including phenoxy) is 1. The van der Waals surface area contributed by atoms with Crippen molar-refractivity contribution in [1.82, 2.24) is 9.21 Å². The summed E-state index contributed by atoms with van der Waals surface area (Å²) in [4.78, 5) is 2.37. The van der Waals surface area contributed by atoms with Crippen molar-refractivity contribution in [1.29, 1.82) is 0 Å². The Labute approximate surface area is 137 Å². The van der Waals surface area contributed by atoms with Crippen LogP contribution in [0.1, 0.15) is 31.2 Å². The van der Waals surface area contributed by atoms with Gasteiger partial charge in [-0.25, -0.2) is 8.42 Å². The lowest BCUT2D eigenvalue weighted by Gasteiger charge is -2.39. The molecule has 0 spiro atoms. The van der Waals surface area contributed by atoms with Crippen molar-refractivity contribution in [2.45, 2.75) is 49.6 Å². The minimum Gasteiger partial charge on any atom is -0.472 e. The minimum atomic E-state index is -3.12. The summed E-state index contributed by atoms with van der Waals surface area (Å²) < 4.78 is 38.2. The number of likely N-dealkylation sites (tertiary alicyclic amines) is 1. The molecule has 1 aromatic rings. The van der Waals surface area contributed by atoms with E-state index in [0.717, 1.165) is 45.3 Å². The number of furan rings is 1. The molecule has 0 aromatic carbocycles. The number of fused-ring (bicyclic) bond motifs is 1. The van der Waals surface area contributed by atoms with Crippen molar-refractivity contribution >= 4 is 10.0 Å². The van der Waals surface area contributed by atoms with Crippen LogP contribution >= 0.6 is 0 Å². The molecule has 6 nitrogen and oxygen atoms in total. The summed E-state index contributed by atoms with van der Waals surface area (Å²) in [5.41, 5.74) is 1.17. The molecule has 0 amide bonds. The Morgan fingerprint density at radius 2 is 1.96 bits per heavy atom. The van der Waals surface area contributed by atoms with Gasteiger partial charge in [-0.2, -0.15) is 4.31 Å². The van der Waals surface area contributed by atoms with E-state index in [2.05, 4.69) is 4.90 Å². The van der Waals surface area contributed by atoms with Gasteiger partial charge in [0, 0.05) is 31.7 Å². The zero-order valence-electron chi connectivity index (χ0n) is 13.3. The largest absolute Gasteiger partial charge is 0.472 e. The Morgan fingerprint density at radius 1 is 1.13 bits per heavy atom. The smallest absolute Gasteiger partial charge is 0.217 e. The molecule has 0 bridgehead atoms. The van der Waals surface area contributed by atoms with Gasteiger partial charge in [-0.15, -0.1) is 0 Å². The molecular formula is C16H24N2O4S. The summed E-state index contributed by atoms with van der Waals surface area (Å²) in [6.07, 6.45) is 6.88. The molecule has 0 radical (unpaired) electrons.